The largest absolute Gasteiger partial charge is 0.448 e. The van der Waals surface area contributed by atoms with Crippen molar-refractivity contribution in [1.29, 1.82) is 0 Å². The number of nitrogens with one attached hydrogen (secondary N) is 1. The lowest BCUT2D eigenvalue weighted by atomic mass is 9.77. The van der Waals surface area contributed by atoms with Gasteiger partial charge in [0.05, 0.1) is 6.54 Å². The number of ether oxygens (including phenoxy) is 1. The second-order valence-electron chi connectivity index (χ2n) is 11.5. The summed E-state index contributed by atoms with van der Waals surface area (Å²) in [4.78, 5) is 56.4. The van der Waals surface area contributed by atoms with Gasteiger partial charge in [0.1, 0.15) is 13.2 Å². The van der Waals surface area contributed by atoms with Crippen molar-refractivity contribution in [3.05, 3.63) is 0 Å². The molecule has 2 bridgehead atoms. The summed E-state index contributed by atoms with van der Waals surface area (Å²) < 4.78 is 4.96. The summed E-state index contributed by atoms with van der Waals surface area (Å²) in [6, 6.07) is 0.197. The first-order valence-electron chi connectivity index (χ1n) is 13.5. The van der Waals surface area contributed by atoms with Gasteiger partial charge in [-0.2, -0.15) is 0 Å². The number of carbonyl (C=O) groups is 4. The van der Waals surface area contributed by atoms with E-state index >= 15 is 0 Å². The average molecular weight is 491 g/mol. The van der Waals surface area contributed by atoms with Crippen LogP contribution < -0.4 is 5.32 Å². The van der Waals surface area contributed by atoms with Gasteiger partial charge in [-0.3, -0.25) is 19.3 Å². The Kier molecular flexibility index (Phi) is 8.22. The summed E-state index contributed by atoms with van der Waals surface area (Å²) >= 11 is 0. The van der Waals surface area contributed by atoms with Crippen molar-refractivity contribution in [3.63, 3.8) is 0 Å². The van der Waals surface area contributed by atoms with Gasteiger partial charge in [0.2, 0.25) is 17.7 Å². The van der Waals surface area contributed by atoms with Crippen LogP contribution in [0, 0.1) is 23.7 Å². The minimum Gasteiger partial charge on any atom is -0.448 e. The molecule has 0 unspecified atom stereocenters. The summed E-state index contributed by atoms with van der Waals surface area (Å²) in [7, 11) is 0. The Hall–Kier alpha value is -2.32. The smallest absolute Gasteiger partial charge is 0.410 e. The standard InChI is InChI=1S/C26H42N4O5/c1-17(2)21-8-7-18(3)11-24(32)30-14-19-12-20(22(30)5-4-6-23(31)27-21)15-29(13-19)25(33)16-28-9-10-35-26(28)34/h17-22H,4-16H2,1-3H3,(H,27,31)/t18-,19+,20-,21+,22+/m1/s1. The van der Waals surface area contributed by atoms with E-state index in [1.54, 1.807) is 0 Å². The van der Waals surface area contributed by atoms with Gasteiger partial charge in [0, 0.05) is 44.6 Å². The van der Waals surface area contributed by atoms with Gasteiger partial charge >= 0.3 is 6.09 Å². The number of rotatable bonds is 3. The van der Waals surface area contributed by atoms with E-state index in [0.717, 1.165) is 32.1 Å². The molecular formula is C26H42N4O5. The number of nitrogens with zero attached hydrogens (tertiary/aromatic N) is 3. The fourth-order valence-electron chi connectivity index (χ4n) is 6.34. The highest BCUT2D eigenvalue weighted by Gasteiger charge is 2.44. The molecule has 9 nitrogen and oxygen atoms in total. The van der Waals surface area contributed by atoms with Gasteiger partial charge in [-0.05, 0) is 55.8 Å². The van der Waals surface area contributed by atoms with Crippen LogP contribution in [-0.2, 0) is 19.1 Å². The van der Waals surface area contributed by atoms with Crippen LogP contribution in [0.2, 0.25) is 0 Å². The fourth-order valence-corrected chi connectivity index (χ4v) is 6.34. The molecule has 4 rings (SSSR count). The summed E-state index contributed by atoms with van der Waals surface area (Å²) in [6.45, 7) is 9.16. The molecule has 0 aliphatic carbocycles. The predicted octanol–water partition coefficient (Wildman–Crippen LogP) is 2.25. The van der Waals surface area contributed by atoms with Crippen LogP contribution in [0.3, 0.4) is 0 Å². The molecule has 0 radical (unpaired) electrons. The Balaban J connectivity index is 1.45. The Bertz CT molecular complexity index is 818. The van der Waals surface area contributed by atoms with E-state index in [-0.39, 0.29) is 54.1 Å². The summed E-state index contributed by atoms with van der Waals surface area (Å²) in [6.07, 6.45) is 4.90. The van der Waals surface area contributed by atoms with E-state index in [1.807, 2.05) is 4.90 Å². The lowest BCUT2D eigenvalue weighted by Crippen LogP contribution is -2.61. The zero-order valence-electron chi connectivity index (χ0n) is 21.5. The number of piperidine rings is 2. The third-order valence-electron chi connectivity index (χ3n) is 8.36. The minimum absolute atomic E-state index is 0.0457. The number of amides is 4. The number of carbonyl (C=O) groups excluding carboxylic acids is 4. The topological polar surface area (TPSA) is 99.3 Å². The Morgan fingerprint density at radius 3 is 2.63 bits per heavy atom. The van der Waals surface area contributed by atoms with Crippen LogP contribution in [0.15, 0.2) is 0 Å². The van der Waals surface area contributed by atoms with Gasteiger partial charge in [0.15, 0.2) is 0 Å². The van der Waals surface area contributed by atoms with Crippen LogP contribution in [-0.4, -0.2) is 89.9 Å². The maximum Gasteiger partial charge on any atom is 0.410 e. The maximum atomic E-state index is 13.5. The molecule has 0 aromatic heterocycles. The second kappa shape index (κ2) is 11.2. The normalized spacial score (nSPS) is 32.9. The third kappa shape index (κ3) is 6.28. The molecule has 4 heterocycles. The van der Waals surface area contributed by atoms with Crippen molar-refractivity contribution in [1.82, 2.24) is 20.0 Å². The molecule has 0 aromatic carbocycles. The van der Waals surface area contributed by atoms with E-state index in [1.165, 1.54) is 4.90 Å². The van der Waals surface area contributed by atoms with Crippen LogP contribution in [0.1, 0.15) is 65.7 Å². The molecule has 35 heavy (non-hydrogen) atoms. The van der Waals surface area contributed by atoms with E-state index in [4.69, 9.17) is 4.74 Å². The van der Waals surface area contributed by atoms with Gasteiger partial charge in [-0.1, -0.05) is 20.8 Å². The lowest BCUT2D eigenvalue weighted by molar-refractivity contribution is -0.146. The Morgan fingerprint density at radius 1 is 1.11 bits per heavy atom. The monoisotopic (exact) mass is 490 g/mol. The first-order valence-corrected chi connectivity index (χ1v) is 13.5. The second-order valence-corrected chi connectivity index (χ2v) is 11.5. The molecule has 4 fully saturated rings. The number of hydrogen-bond donors (Lipinski definition) is 1. The van der Waals surface area contributed by atoms with Crippen LogP contribution in [0.4, 0.5) is 4.79 Å². The molecule has 196 valence electrons. The molecular weight excluding hydrogens is 448 g/mol. The highest BCUT2D eigenvalue weighted by atomic mass is 16.6. The van der Waals surface area contributed by atoms with Crippen LogP contribution >= 0.6 is 0 Å². The maximum absolute atomic E-state index is 13.5. The molecule has 0 saturated carbocycles. The molecule has 0 spiro atoms. The van der Waals surface area contributed by atoms with Gasteiger partial charge < -0.3 is 19.9 Å². The van der Waals surface area contributed by atoms with Crippen molar-refractivity contribution >= 4 is 23.8 Å². The van der Waals surface area contributed by atoms with Gasteiger partial charge in [0.25, 0.3) is 0 Å². The first kappa shape index (κ1) is 25.8. The minimum atomic E-state index is -0.422. The molecule has 0 aromatic rings. The van der Waals surface area contributed by atoms with Crippen molar-refractivity contribution in [2.75, 3.05) is 39.3 Å². The molecule has 1 N–H and O–H groups in total. The molecule has 4 aliphatic rings. The molecule has 4 saturated heterocycles. The number of likely N-dealkylation sites (tertiary alicyclic amines) is 1. The highest BCUT2D eigenvalue weighted by molar-refractivity contribution is 5.83. The van der Waals surface area contributed by atoms with E-state index in [0.29, 0.717) is 51.5 Å². The molecule has 4 amide bonds. The van der Waals surface area contributed by atoms with Gasteiger partial charge in [-0.25, -0.2) is 4.79 Å². The highest BCUT2D eigenvalue weighted by Crippen LogP contribution is 2.36. The summed E-state index contributed by atoms with van der Waals surface area (Å²) in [5, 5.41) is 3.23. The zero-order valence-corrected chi connectivity index (χ0v) is 21.5. The number of cyclic esters (lactones) is 1. The summed E-state index contributed by atoms with van der Waals surface area (Å²) in [5.74, 6) is 1.36. The number of hydrogen-bond acceptors (Lipinski definition) is 5. The first-order chi connectivity index (χ1) is 16.7. The van der Waals surface area contributed by atoms with Crippen molar-refractivity contribution in [3.8, 4) is 0 Å². The third-order valence-corrected chi connectivity index (χ3v) is 8.36. The fraction of sp³-hybridized carbons (Fsp3) is 0.846. The molecule has 5 atom stereocenters. The van der Waals surface area contributed by atoms with E-state index in [9.17, 15) is 19.2 Å². The van der Waals surface area contributed by atoms with Crippen molar-refractivity contribution in [2.45, 2.75) is 77.8 Å². The average Bonchev–Trinajstić information content (AvgIpc) is 3.21. The Labute approximate surface area is 208 Å². The zero-order chi connectivity index (χ0) is 25.1. The number of fused-ring (bicyclic) bond motifs is 4. The van der Waals surface area contributed by atoms with E-state index < -0.39 is 6.09 Å². The van der Waals surface area contributed by atoms with Crippen LogP contribution in [0.5, 0.6) is 0 Å². The van der Waals surface area contributed by atoms with Crippen LogP contribution in [0.25, 0.3) is 0 Å². The summed E-state index contributed by atoms with van der Waals surface area (Å²) in [5.41, 5.74) is 0. The quantitative estimate of drug-likeness (QED) is 0.654. The Morgan fingerprint density at radius 2 is 1.91 bits per heavy atom. The van der Waals surface area contributed by atoms with Crippen molar-refractivity contribution < 1.29 is 23.9 Å². The lowest BCUT2D eigenvalue weighted by Gasteiger charge is -2.51. The van der Waals surface area contributed by atoms with Gasteiger partial charge in [-0.15, -0.1) is 0 Å². The SMILES string of the molecule is CC(C)[C@@H]1CC[C@@H](C)CC(=O)N2C[C@H]3C[C@H](CN(C(=O)CN4CCOC4=O)C3)[C@@H]2CCCC(=O)N1. The molecule has 4 aliphatic heterocycles. The molecule has 9 heteroatoms. The van der Waals surface area contributed by atoms with Crippen molar-refractivity contribution in [2.24, 2.45) is 23.7 Å². The van der Waals surface area contributed by atoms with E-state index in [2.05, 4.69) is 31.0 Å². The predicted molar refractivity (Wildman–Crippen MR) is 130 cm³/mol.